The lowest BCUT2D eigenvalue weighted by Crippen LogP contribution is -1.88. The molecule has 0 fully saturated rings. The second kappa shape index (κ2) is 3.35. The number of hydrogen-bond acceptors (Lipinski definition) is 2. The van der Waals surface area contributed by atoms with Crippen LogP contribution in [0.3, 0.4) is 0 Å². The van der Waals surface area contributed by atoms with E-state index in [9.17, 15) is 0 Å². The van der Waals surface area contributed by atoms with Crippen LogP contribution in [0, 0.1) is 13.0 Å². The van der Waals surface area contributed by atoms with Crippen molar-refractivity contribution in [3.05, 3.63) is 48.3 Å². The maximum atomic E-state index is 4.35. The van der Waals surface area contributed by atoms with Crippen molar-refractivity contribution in [2.45, 2.75) is 6.92 Å². The highest BCUT2D eigenvalue weighted by molar-refractivity contribution is 5.52. The predicted octanol–water partition coefficient (Wildman–Crippen LogP) is 2.25. The summed E-state index contributed by atoms with van der Waals surface area (Å²) in [7, 11) is 0. The average molecular weight is 169 g/mol. The van der Waals surface area contributed by atoms with Crippen LogP contribution < -0.4 is 0 Å². The minimum atomic E-state index is 0.797. The van der Waals surface area contributed by atoms with Crippen molar-refractivity contribution in [2.75, 3.05) is 0 Å². The topological polar surface area (TPSA) is 25.8 Å². The van der Waals surface area contributed by atoms with E-state index in [1.807, 2.05) is 37.3 Å². The smallest absolute Gasteiger partial charge is 0.0965 e. The third-order valence-corrected chi connectivity index (χ3v) is 1.74. The molecule has 2 rings (SSSR count). The third kappa shape index (κ3) is 1.72. The zero-order valence-corrected chi connectivity index (χ0v) is 7.36. The van der Waals surface area contributed by atoms with E-state index in [4.69, 9.17) is 0 Å². The largest absolute Gasteiger partial charge is 0.254 e. The Morgan fingerprint density at radius 1 is 1.23 bits per heavy atom. The molecule has 0 saturated heterocycles. The molecule has 2 heteroatoms. The molecule has 0 amide bonds. The summed E-state index contributed by atoms with van der Waals surface area (Å²) in [6.07, 6.45) is 1.75. The van der Waals surface area contributed by atoms with Crippen molar-refractivity contribution in [1.82, 2.24) is 9.97 Å². The third-order valence-electron chi connectivity index (χ3n) is 1.74. The quantitative estimate of drug-likeness (QED) is 0.654. The summed E-state index contributed by atoms with van der Waals surface area (Å²) >= 11 is 0. The van der Waals surface area contributed by atoms with Crippen LogP contribution in [0.2, 0.25) is 0 Å². The summed E-state index contributed by atoms with van der Waals surface area (Å²) < 4.78 is 0. The van der Waals surface area contributed by atoms with Gasteiger partial charge in [-0.2, -0.15) is 0 Å². The first-order valence-electron chi connectivity index (χ1n) is 4.13. The van der Waals surface area contributed by atoms with Crippen LogP contribution in [0.1, 0.15) is 5.69 Å². The molecular formula is C11H9N2. The van der Waals surface area contributed by atoms with E-state index in [1.54, 1.807) is 6.20 Å². The van der Waals surface area contributed by atoms with Crippen molar-refractivity contribution in [2.24, 2.45) is 0 Å². The highest BCUT2D eigenvalue weighted by Gasteiger charge is 1.98. The summed E-state index contributed by atoms with van der Waals surface area (Å²) in [5, 5.41) is 0. The van der Waals surface area contributed by atoms with Crippen molar-refractivity contribution in [3.63, 3.8) is 0 Å². The maximum absolute atomic E-state index is 4.35. The zero-order chi connectivity index (χ0) is 9.10. The Labute approximate surface area is 77.3 Å². The summed E-state index contributed by atoms with van der Waals surface area (Å²) in [4.78, 5) is 8.52. The minimum absolute atomic E-state index is 0.797. The van der Waals surface area contributed by atoms with E-state index in [-0.39, 0.29) is 0 Å². The lowest BCUT2D eigenvalue weighted by atomic mass is 10.2. The summed E-state index contributed by atoms with van der Waals surface area (Å²) in [6.45, 7) is 1.96. The molecule has 0 saturated carbocycles. The van der Waals surface area contributed by atoms with Gasteiger partial charge in [-0.05, 0) is 25.1 Å². The Morgan fingerprint density at radius 3 is 2.85 bits per heavy atom. The summed E-state index contributed by atoms with van der Waals surface area (Å²) in [5.74, 6) is 0. The average Bonchev–Trinajstić information content (AvgIpc) is 2.19. The number of aryl methyl sites for hydroxylation is 1. The van der Waals surface area contributed by atoms with Gasteiger partial charge < -0.3 is 0 Å². The Balaban J connectivity index is 2.48. The highest BCUT2D eigenvalue weighted by Crippen LogP contribution is 2.12. The molecule has 2 heterocycles. The highest BCUT2D eigenvalue weighted by atomic mass is 14.8. The minimum Gasteiger partial charge on any atom is -0.254 e. The molecule has 0 bridgehead atoms. The monoisotopic (exact) mass is 169 g/mol. The number of aromatic nitrogens is 2. The van der Waals surface area contributed by atoms with Crippen LogP contribution in [-0.2, 0) is 0 Å². The fourth-order valence-corrected chi connectivity index (χ4v) is 1.14. The molecular weight excluding hydrogens is 160 g/mol. The molecule has 0 aromatic carbocycles. The standard InChI is InChI=1S/C11H9N2/c1-9-5-4-7-11(13-9)10-6-2-3-8-12-10/h2-5,7-8H,1H3. The second-order valence-electron chi connectivity index (χ2n) is 2.79. The summed E-state index contributed by atoms with van der Waals surface area (Å²) in [6, 6.07) is 12.6. The fraction of sp³-hybridized carbons (Fsp3) is 0.0909. The van der Waals surface area contributed by atoms with E-state index in [0.29, 0.717) is 0 Å². The van der Waals surface area contributed by atoms with Gasteiger partial charge in [0.25, 0.3) is 0 Å². The molecule has 2 aromatic rings. The van der Waals surface area contributed by atoms with Gasteiger partial charge in [0, 0.05) is 18.0 Å². The first kappa shape index (κ1) is 7.92. The molecule has 63 valence electrons. The molecule has 1 radical (unpaired) electrons. The number of nitrogens with zero attached hydrogens (tertiary/aromatic N) is 2. The van der Waals surface area contributed by atoms with Gasteiger partial charge >= 0.3 is 0 Å². The lowest BCUT2D eigenvalue weighted by molar-refractivity contribution is 1.17. The van der Waals surface area contributed by atoms with Crippen molar-refractivity contribution < 1.29 is 0 Å². The predicted molar refractivity (Wildman–Crippen MR) is 51.0 cm³/mol. The van der Waals surface area contributed by atoms with Crippen LogP contribution in [0.4, 0.5) is 0 Å². The Bertz CT molecular complexity index is 396. The Hall–Kier alpha value is -1.70. The molecule has 0 unspecified atom stereocenters. The van der Waals surface area contributed by atoms with Gasteiger partial charge in [0.15, 0.2) is 0 Å². The van der Waals surface area contributed by atoms with Crippen molar-refractivity contribution in [1.29, 1.82) is 0 Å². The van der Waals surface area contributed by atoms with Crippen molar-refractivity contribution >= 4 is 0 Å². The molecule has 0 aliphatic carbocycles. The van der Waals surface area contributed by atoms with E-state index >= 15 is 0 Å². The van der Waals surface area contributed by atoms with Crippen molar-refractivity contribution in [3.8, 4) is 11.4 Å². The van der Waals surface area contributed by atoms with Gasteiger partial charge in [0.1, 0.15) is 0 Å². The molecule has 0 spiro atoms. The Morgan fingerprint density at radius 2 is 2.15 bits per heavy atom. The molecule has 2 nitrogen and oxygen atoms in total. The van der Waals surface area contributed by atoms with Crippen LogP contribution in [0.25, 0.3) is 11.4 Å². The van der Waals surface area contributed by atoms with Crippen LogP contribution in [0.5, 0.6) is 0 Å². The first-order chi connectivity index (χ1) is 6.36. The fourth-order valence-electron chi connectivity index (χ4n) is 1.14. The van der Waals surface area contributed by atoms with Gasteiger partial charge in [-0.15, -0.1) is 0 Å². The van der Waals surface area contributed by atoms with Gasteiger partial charge in [-0.25, -0.2) is 0 Å². The van der Waals surface area contributed by atoms with Gasteiger partial charge in [-0.1, -0.05) is 12.1 Å². The van der Waals surface area contributed by atoms with E-state index in [0.717, 1.165) is 17.1 Å². The molecule has 0 atom stereocenters. The van der Waals surface area contributed by atoms with Gasteiger partial charge in [-0.3, -0.25) is 9.97 Å². The second-order valence-corrected chi connectivity index (χ2v) is 2.79. The Kier molecular flexibility index (Phi) is 2.04. The van der Waals surface area contributed by atoms with Crippen LogP contribution in [0.15, 0.2) is 36.5 Å². The lowest BCUT2D eigenvalue weighted by Gasteiger charge is -1.98. The molecule has 0 aliphatic rings. The van der Waals surface area contributed by atoms with E-state index < -0.39 is 0 Å². The number of pyridine rings is 2. The van der Waals surface area contributed by atoms with Gasteiger partial charge in [0.05, 0.1) is 11.4 Å². The molecule has 13 heavy (non-hydrogen) atoms. The molecule has 0 N–H and O–H groups in total. The normalized spacial score (nSPS) is 9.92. The summed E-state index contributed by atoms with van der Waals surface area (Å²) in [5.41, 5.74) is 2.67. The maximum Gasteiger partial charge on any atom is 0.0965 e. The van der Waals surface area contributed by atoms with Crippen LogP contribution in [-0.4, -0.2) is 9.97 Å². The first-order valence-corrected chi connectivity index (χ1v) is 4.13. The SMILES string of the molecule is Cc1cccc(-c2[c]cccn2)n1. The number of rotatable bonds is 1. The van der Waals surface area contributed by atoms with E-state index in [2.05, 4.69) is 16.0 Å². The zero-order valence-electron chi connectivity index (χ0n) is 7.36. The molecule has 2 aromatic heterocycles. The van der Waals surface area contributed by atoms with E-state index in [1.165, 1.54) is 0 Å². The van der Waals surface area contributed by atoms with Crippen LogP contribution >= 0.6 is 0 Å². The molecule has 0 aliphatic heterocycles. The van der Waals surface area contributed by atoms with Gasteiger partial charge in [0.2, 0.25) is 0 Å². The number of hydrogen-bond donors (Lipinski definition) is 0.